The third-order valence-corrected chi connectivity index (χ3v) is 6.67. The van der Waals surface area contributed by atoms with Gasteiger partial charge in [0.2, 0.25) is 5.91 Å². The highest BCUT2D eigenvalue weighted by Gasteiger charge is 2.27. The molecule has 5 N–H and O–H groups in total. The van der Waals surface area contributed by atoms with Crippen LogP contribution in [0.2, 0.25) is 0 Å². The summed E-state index contributed by atoms with van der Waals surface area (Å²) >= 11 is 0. The molecule has 1 fully saturated rings. The van der Waals surface area contributed by atoms with Gasteiger partial charge in [0.1, 0.15) is 11.7 Å². The number of aliphatic hydroxyl groups excluding tert-OH is 1. The first-order valence-electron chi connectivity index (χ1n) is 12.8. The van der Waals surface area contributed by atoms with E-state index in [2.05, 4.69) is 20.4 Å². The minimum atomic E-state index is -0.485. The van der Waals surface area contributed by atoms with Crippen molar-refractivity contribution in [2.24, 2.45) is 10.7 Å². The number of methoxy groups -OCH3 is 1. The van der Waals surface area contributed by atoms with Crippen LogP contribution < -0.4 is 25.4 Å². The molecule has 1 saturated heterocycles. The van der Waals surface area contributed by atoms with E-state index < -0.39 is 5.91 Å². The summed E-state index contributed by atoms with van der Waals surface area (Å²) in [6.07, 6.45) is 1.40. The average Bonchev–Trinajstić information content (AvgIpc) is 3.54. The summed E-state index contributed by atoms with van der Waals surface area (Å²) < 4.78 is 25.9. The van der Waals surface area contributed by atoms with Gasteiger partial charge in [0.05, 0.1) is 38.6 Å². The Labute approximate surface area is 225 Å². The maximum Gasteiger partial charge on any atom is 0.223 e. The van der Waals surface area contributed by atoms with Crippen molar-refractivity contribution in [1.29, 1.82) is 0 Å². The molecule has 0 bridgehead atoms. The number of likely N-dealkylation sites (tertiary alicyclic amines) is 1. The Morgan fingerprint density at radius 1 is 1.28 bits per heavy atom. The number of amides is 1. The van der Waals surface area contributed by atoms with Gasteiger partial charge in [-0.25, -0.2) is 9.38 Å². The third-order valence-electron chi connectivity index (χ3n) is 6.67. The first kappa shape index (κ1) is 26.4. The van der Waals surface area contributed by atoms with Crippen LogP contribution in [0.15, 0.2) is 47.5 Å². The maximum atomic E-state index is 14.1. The molecule has 0 radical (unpaired) electrons. The van der Waals surface area contributed by atoms with Crippen molar-refractivity contribution < 1.29 is 23.8 Å². The van der Waals surface area contributed by atoms with Crippen LogP contribution in [-0.2, 0) is 11.2 Å². The lowest BCUT2D eigenvalue weighted by Gasteiger charge is -2.33. The molecule has 0 aliphatic carbocycles. The molecule has 2 aliphatic rings. The number of aliphatic hydroxyl groups is 1. The zero-order valence-electron chi connectivity index (χ0n) is 21.7. The first-order chi connectivity index (χ1) is 18.9. The maximum absolute atomic E-state index is 14.1. The number of amidine groups is 1. The Morgan fingerprint density at radius 3 is 2.90 bits per heavy atom. The van der Waals surface area contributed by atoms with Crippen molar-refractivity contribution in [3.63, 3.8) is 0 Å². The predicted molar refractivity (Wildman–Crippen MR) is 145 cm³/mol. The van der Waals surface area contributed by atoms with Gasteiger partial charge in [-0.05, 0) is 37.1 Å². The molecule has 12 heteroatoms. The van der Waals surface area contributed by atoms with Crippen molar-refractivity contribution in [2.75, 3.05) is 50.2 Å². The molecule has 3 aromatic rings. The topological polar surface area (TPSA) is 141 Å². The normalized spacial score (nSPS) is 18.2. The molecule has 3 heterocycles. The van der Waals surface area contributed by atoms with Crippen LogP contribution in [0.5, 0.6) is 11.5 Å². The number of benzene rings is 2. The van der Waals surface area contributed by atoms with Crippen LogP contribution in [-0.4, -0.2) is 78.1 Å². The number of nitrogens with one attached hydrogen (secondary N) is 2. The fraction of sp³-hybridized carbons (Fsp3) is 0.370. The summed E-state index contributed by atoms with van der Waals surface area (Å²) in [5, 5.41) is 20.1. The Kier molecular flexibility index (Phi) is 7.94. The number of anilines is 2. The number of aromatic nitrogens is 2. The lowest BCUT2D eigenvalue weighted by Crippen LogP contribution is -2.40. The van der Waals surface area contributed by atoms with Crippen molar-refractivity contribution >= 4 is 28.9 Å². The molecule has 1 amide bonds. The van der Waals surface area contributed by atoms with Gasteiger partial charge in [-0.2, -0.15) is 5.10 Å². The van der Waals surface area contributed by atoms with Crippen LogP contribution in [0, 0.1) is 5.82 Å². The van der Waals surface area contributed by atoms with Crippen molar-refractivity contribution in [3.05, 3.63) is 59.5 Å². The number of H-pyrrole nitrogens is 1. The molecular weight excluding hydrogens is 505 g/mol. The zero-order valence-corrected chi connectivity index (χ0v) is 21.7. The van der Waals surface area contributed by atoms with Crippen LogP contribution in [0.25, 0.3) is 0 Å². The molecule has 0 spiro atoms. The van der Waals surface area contributed by atoms with Crippen LogP contribution >= 0.6 is 0 Å². The van der Waals surface area contributed by atoms with Crippen LogP contribution in [0.1, 0.15) is 24.1 Å². The number of hydrogen-bond donors (Lipinski definition) is 4. The Hall–Kier alpha value is -4.16. The summed E-state index contributed by atoms with van der Waals surface area (Å²) in [5.74, 6) is 1.13. The fourth-order valence-corrected chi connectivity index (χ4v) is 4.81. The van der Waals surface area contributed by atoms with Gasteiger partial charge in [-0.3, -0.25) is 9.89 Å². The van der Waals surface area contributed by atoms with E-state index in [-0.39, 0.29) is 18.3 Å². The standard InChI is InChI=1S/C27H32FN7O4/c1-38-23-13-21-22(14-24(23)39-9-3-7-34-8-6-20(36)15-34)30-16-35(19-5-2-4-17(28)10-19)27(21)31-26-12-18(32-33-26)11-25(29)37/h2,4-5,10,12-14,20,30,36H,3,6-9,11,15-16H2,1H3,(H2,29,37)(H,32,33)/t20-/m1/s1. The highest BCUT2D eigenvalue weighted by molar-refractivity contribution is 6.16. The molecule has 2 aliphatic heterocycles. The number of carbonyl (C=O) groups excluding carboxylic acids is 1. The summed E-state index contributed by atoms with van der Waals surface area (Å²) in [4.78, 5) is 20.2. The van der Waals surface area contributed by atoms with E-state index in [0.717, 1.165) is 31.6 Å². The molecule has 2 aromatic carbocycles. The number of halogens is 1. The molecule has 206 valence electrons. The number of nitrogens with zero attached hydrogens (tertiary/aromatic N) is 4. The molecule has 39 heavy (non-hydrogen) atoms. The fourth-order valence-electron chi connectivity index (χ4n) is 4.81. The van der Waals surface area contributed by atoms with Gasteiger partial charge in [-0.1, -0.05) is 6.07 Å². The van der Waals surface area contributed by atoms with Crippen molar-refractivity contribution in [1.82, 2.24) is 15.1 Å². The van der Waals surface area contributed by atoms with E-state index in [1.54, 1.807) is 25.3 Å². The summed E-state index contributed by atoms with van der Waals surface area (Å²) in [6, 6.07) is 11.6. The van der Waals surface area contributed by atoms with Gasteiger partial charge < -0.3 is 35.4 Å². The van der Waals surface area contributed by atoms with E-state index in [1.165, 1.54) is 12.1 Å². The number of ether oxygens (including phenoxy) is 2. The van der Waals surface area contributed by atoms with E-state index in [0.29, 0.717) is 59.9 Å². The second-order valence-corrected chi connectivity index (χ2v) is 9.57. The van der Waals surface area contributed by atoms with E-state index in [9.17, 15) is 14.3 Å². The van der Waals surface area contributed by atoms with E-state index in [4.69, 9.17) is 20.2 Å². The lowest BCUT2D eigenvalue weighted by molar-refractivity contribution is -0.117. The number of rotatable bonds is 10. The van der Waals surface area contributed by atoms with Gasteiger partial charge >= 0.3 is 0 Å². The lowest BCUT2D eigenvalue weighted by atomic mass is 10.1. The molecule has 11 nitrogen and oxygen atoms in total. The summed E-state index contributed by atoms with van der Waals surface area (Å²) in [7, 11) is 1.57. The molecule has 1 atom stereocenters. The molecule has 0 unspecified atom stereocenters. The average molecular weight is 538 g/mol. The van der Waals surface area contributed by atoms with Crippen molar-refractivity contribution in [3.8, 4) is 11.5 Å². The molecule has 5 rings (SSSR count). The zero-order chi connectivity index (χ0) is 27.4. The number of fused-ring (bicyclic) bond motifs is 1. The minimum absolute atomic E-state index is 0.0104. The predicted octanol–water partition coefficient (Wildman–Crippen LogP) is 2.39. The summed E-state index contributed by atoms with van der Waals surface area (Å²) in [6.45, 7) is 3.27. The number of carbonyl (C=O) groups is 1. The highest BCUT2D eigenvalue weighted by Crippen LogP contribution is 2.38. The van der Waals surface area contributed by atoms with Gasteiger partial charge in [-0.15, -0.1) is 0 Å². The van der Waals surface area contributed by atoms with Gasteiger partial charge in [0.25, 0.3) is 0 Å². The Morgan fingerprint density at radius 2 is 2.15 bits per heavy atom. The largest absolute Gasteiger partial charge is 0.493 e. The van der Waals surface area contributed by atoms with Crippen LogP contribution in [0.3, 0.4) is 0 Å². The second kappa shape index (κ2) is 11.7. The number of aliphatic imine (C=N–C) groups is 1. The summed E-state index contributed by atoms with van der Waals surface area (Å²) in [5.41, 5.74) is 7.93. The monoisotopic (exact) mass is 537 g/mol. The highest BCUT2D eigenvalue weighted by atomic mass is 19.1. The van der Waals surface area contributed by atoms with Gasteiger partial charge in [0, 0.05) is 48.7 Å². The number of primary amides is 1. The SMILES string of the molecule is COc1cc2c(cc1OCCCN1CC[C@@H](O)C1)NCN(c1cccc(F)c1)C2=Nc1cc(CC(N)=O)[nH]n1. The number of nitrogens with two attached hydrogens (primary N) is 1. The van der Waals surface area contributed by atoms with Crippen molar-refractivity contribution in [2.45, 2.75) is 25.4 Å². The Bertz CT molecular complexity index is 1360. The Balaban J connectivity index is 1.43. The van der Waals surface area contributed by atoms with Gasteiger partial charge in [0.15, 0.2) is 17.3 Å². The number of aromatic amines is 1. The molecule has 0 saturated carbocycles. The smallest absolute Gasteiger partial charge is 0.223 e. The second-order valence-electron chi connectivity index (χ2n) is 9.57. The number of β-amino-alcohol motifs (C(OH)–C–C–N with tert-alkyl or cyclic N) is 1. The molecule has 1 aromatic heterocycles. The minimum Gasteiger partial charge on any atom is -0.493 e. The van der Waals surface area contributed by atoms with Crippen LogP contribution in [0.4, 0.5) is 21.6 Å². The van der Waals surface area contributed by atoms with E-state index >= 15 is 0 Å². The third kappa shape index (κ3) is 6.29. The van der Waals surface area contributed by atoms with E-state index in [1.807, 2.05) is 17.0 Å². The first-order valence-corrected chi connectivity index (χ1v) is 12.8. The molecular formula is C27H32FN7O4. The number of hydrogen-bond acceptors (Lipinski definition) is 8. The quantitative estimate of drug-likeness (QED) is 0.289.